The molecular formula is C15H26IN3S. The molecule has 20 heavy (non-hydrogen) atoms. The van der Waals surface area contributed by atoms with Gasteiger partial charge in [-0.2, -0.15) is 0 Å². The minimum absolute atomic E-state index is 0. The second-order valence-electron chi connectivity index (χ2n) is 5.30. The summed E-state index contributed by atoms with van der Waals surface area (Å²) in [6.07, 6.45) is 0. The molecule has 0 aliphatic rings. The van der Waals surface area contributed by atoms with Gasteiger partial charge >= 0.3 is 0 Å². The number of hydrogen-bond donors (Lipinski definition) is 2. The van der Waals surface area contributed by atoms with E-state index in [9.17, 15) is 0 Å². The van der Waals surface area contributed by atoms with Gasteiger partial charge in [-0.15, -0.1) is 35.7 Å². The first-order valence-electron chi connectivity index (χ1n) is 6.75. The van der Waals surface area contributed by atoms with Gasteiger partial charge in [0.15, 0.2) is 5.96 Å². The number of hydrogen-bond acceptors (Lipinski definition) is 2. The van der Waals surface area contributed by atoms with Crippen LogP contribution < -0.4 is 10.6 Å². The summed E-state index contributed by atoms with van der Waals surface area (Å²) in [4.78, 5) is 5.89. The molecule has 0 heterocycles. The molecule has 5 heteroatoms. The van der Waals surface area contributed by atoms with Crippen molar-refractivity contribution in [3.8, 4) is 0 Å². The Balaban J connectivity index is 0.00000361. The molecule has 0 saturated carbocycles. The molecule has 0 spiro atoms. The van der Waals surface area contributed by atoms with Crippen LogP contribution in [0.25, 0.3) is 0 Å². The van der Waals surface area contributed by atoms with Crippen molar-refractivity contribution in [1.29, 1.82) is 0 Å². The summed E-state index contributed by atoms with van der Waals surface area (Å²) < 4.78 is 0. The number of halogens is 1. The normalized spacial score (nSPS) is 11.7. The minimum atomic E-state index is 0. The van der Waals surface area contributed by atoms with Crippen molar-refractivity contribution in [2.24, 2.45) is 4.99 Å². The molecule has 0 unspecified atom stereocenters. The van der Waals surface area contributed by atoms with Gasteiger partial charge in [-0.1, -0.05) is 18.2 Å². The summed E-state index contributed by atoms with van der Waals surface area (Å²) in [5.41, 5.74) is 0.0353. The van der Waals surface area contributed by atoms with Crippen LogP contribution in [0.5, 0.6) is 0 Å². The van der Waals surface area contributed by atoms with Crippen LogP contribution in [-0.4, -0.2) is 30.3 Å². The molecule has 114 valence electrons. The average Bonchev–Trinajstić information content (AvgIpc) is 2.34. The van der Waals surface area contributed by atoms with Crippen LogP contribution in [0.3, 0.4) is 0 Å². The first-order chi connectivity index (χ1) is 9.01. The maximum atomic E-state index is 4.59. The van der Waals surface area contributed by atoms with E-state index in [-0.39, 0.29) is 29.5 Å². The standard InChI is InChI=1S/C15H25N3S.HI/c1-5-16-14(18-15(2,3)4)17-11-12-19-13-9-7-6-8-10-13;/h6-10H,5,11-12H2,1-4H3,(H2,16,17,18);1H. The summed E-state index contributed by atoms with van der Waals surface area (Å²) in [6, 6.07) is 10.4. The number of benzene rings is 1. The van der Waals surface area contributed by atoms with Crippen molar-refractivity contribution in [3.05, 3.63) is 30.3 Å². The van der Waals surface area contributed by atoms with E-state index in [4.69, 9.17) is 0 Å². The first kappa shape index (κ1) is 19.6. The van der Waals surface area contributed by atoms with Crippen molar-refractivity contribution in [3.63, 3.8) is 0 Å². The molecule has 0 bridgehead atoms. The van der Waals surface area contributed by atoms with Crippen molar-refractivity contribution in [2.45, 2.75) is 38.1 Å². The van der Waals surface area contributed by atoms with Gasteiger partial charge in [-0.25, -0.2) is 0 Å². The second kappa shape index (κ2) is 10.3. The molecule has 0 aliphatic carbocycles. The third-order valence-electron chi connectivity index (χ3n) is 2.21. The SMILES string of the molecule is CCNC(=NCCSc1ccccc1)NC(C)(C)C.I. The molecule has 0 amide bonds. The largest absolute Gasteiger partial charge is 0.357 e. The lowest BCUT2D eigenvalue weighted by Gasteiger charge is -2.23. The quantitative estimate of drug-likeness (QED) is 0.257. The average molecular weight is 407 g/mol. The van der Waals surface area contributed by atoms with Gasteiger partial charge in [0, 0.05) is 22.7 Å². The van der Waals surface area contributed by atoms with E-state index in [1.165, 1.54) is 4.90 Å². The first-order valence-corrected chi connectivity index (χ1v) is 7.74. The highest BCUT2D eigenvalue weighted by atomic mass is 127. The Hall–Kier alpha value is -0.430. The molecule has 1 aromatic rings. The molecule has 1 rings (SSSR count). The van der Waals surface area contributed by atoms with E-state index in [1.54, 1.807) is 0 Å². The molecule has 1 aromatic carbocycles. The Labute approximate surface area is 144 Å². The van der Waals surface area contributed by atoms with Gasteiger partial charge < -0.3 is 10.6 Å². The van der Waals surface area contributed by atoms with Crippen LogP contribution in [0, 0.1) is 0 Å². The maximum absolute atomic E-state index is 4.59. The summed E-state index contributed by atoms with van der Waals surface area (Å²) in [5.74, 6) is 1.88. The van der Waals surface area contributed by atoms with Crippen LogP contribution in [0.4, 0.5) is 0 Å². The molecule has 3 nitrogen and oxygen atoms in total. The second-order valence-corrected chi connectivity index (χ2v) is 6.47. The van der Waals surface area contributed by atoms with E-state index in [1.807, 2.05) is 17.8 Å². The molecule has 0 fully saturated rings. The Morgan fingerprint density at radius 3 is 2.40 bits per heavy atom. The number of rotatable bonds is 5. The Morgan fingerprint density at radius 2 is 1.85 bits per heavy atom. The maximum Gasteiger partial charge on any atom is 0.191 e. The van der Waals surface area contributed by atoms with Gasteiger partial charge in [0.05, 0.1) is 6.54 Å². The Bertz CT molecular complexity index is 388. The van der Waals surface area contributed by atoms with Gasteiger partial charge in [0.1, 0.15) is 0 Å². The predicted molar refractivity (Wildman–Crippen MR) is 101 cm³/mol. The highest BCUT2D eigenvalue weighted by Gasteiger charge is 2.11. The molecule has 0 radical (unpaired) electrons. The molecule has 0 atom stereocenters. The lowest BCUT2D eigenvalue weighted by molar-refractivity contribution is 0.502. The van der Waals surface area contributed by atoms with Crippen LogP contribution in [-0.2, 0) is 0 Å². The minimum Gasteiger partial charge on any atom is -0.357 e. The molecule has 0 aliphatic heterocycles. The van der Waals surface area contributed by atoms with Crippen molar-refractivity contribution in [1.82, 2.24) is 10.6 Å². The lowest BCUT2D eigenvalue weighted by Crippen LogP contribution is -2.47. The number of nitrogens with zero attached hydrogens (tertiary/aromatic N) is 1. The predicted octanol–water partition coefficient (Wildman–Crippen LogP) is 3.75. The van der Waals surface area contributed by atoms with E-state index >= 15 is 0 Å². The van der Waals surface area contributed by atoms with Gasteiger partial charge in [0.25, 0.3) is 0 Å². The van der Waals surface area contributed by atoms with Crippen molar-refractivity contribution < 1.29 is 0 Å². The monoisotopic (exact) mass is 407 g/mol. The lowest BCUT2D eigenvalue weighted by atomic mass is 10.1. The summed E-state index contributed by atoms with van der Waals surface area (Å²) >= 11 is 1.84. The van der Waals surface area contributed by atoms with E-state index in [2.05, 4.69) is 67.6 Å². The van der Waals surface area contributed by atoms with Crippen LogP contribution >= 0.6 is 35.7 Å². The van der Waals surface area contributed by atoms with Crippen molar-refractivity contribution >= 4 is 41.7 Å². The number of aliphatic imine (C=N–C) groups is 1. The third-order valence-corrected chi connectivity index (χ3v) is 3.20. The zero-order chi connectivity index (χ0) is 14.1. The Morgan fingerprint density at radius 1 is 1.20 bits per heavy atom. The Kier molecular flexibility index (Phi) is 10.1. The van der Waals surface area contributed by atoms with E-state index in [0.717, 1.165) is 24.8 Å². The molecule has 0 saturated heterocycles. The fraction of sp³-hybridized carbons (Fsp3) is 0.533. The number of guanidine groups is 1. The van der Waals surface area contributed by atoms with E-state index < -0.39 is 0 Å². The summed E-state index contributed by atoms with van der Waals surface area (Å²) in [5, 5.41) is 6.65. The molecular weight excluding hydrogens is 381 g/mol. The number of nitrogens with one attached hydrogen (secondary N) is 2. The highest BCUT2D eigenvalue weighted by Crippen LogP contribution is 2.16. The molecule has 0 aromatic heterocycles. The van der Waals surface area contributed by atoms with Crippen LogP contribution in [0.2, 0.25) is 0 Å². The third kappa shape index (κ3) is 9.47. The van der Waals surface area contributed by atoms with Gasteiger partial charge in [-0.05, 0) is 39.8 Å². The van der Waals surface area contributed by atoms with Crippen molar-refractivity contribution in [2.75, 3.05) is 18.8 Å². The molecule has 2 N–H and O–H groups in total. The zero-order valence-corrected chi connectivity index (χ0v) is 15.9. The highest BCUT2D eigenvalue weighted by molar-refractivity contribution is 14.0. The summed E-state index contributed by atoms with van der Waals surface area (Å²) in [7, 11) is 0. The fourth-order valence-corrected chi connectivity index (χ4v) is 2.27. The summed E-state index contributed by atoms with van der Waals surface area (Å²) in [6.45, 7) is 10.2. The zero-order valence-electron chi connectivity index (χ0n) is 12.8. The fourth-order valence-electron chi connectivity index (χ4n) is 1.50. The van der Waals surface area contributed by atoms with Gasteiger partial charge in [-0.3, -0.25) is 4.99 Å². The van der Waals surface area contributed by atoms with Crippen LogP contribution in [0.1, 0.15) is 27.7 Å². The topological polar surface area (TPSA) is 36.4 Å². The van der Waals surface area contributed by atoms with Crippen LogP contribution in [0.15, 0.2) is 40.2 Å². The smallest absolute Gasteiger partial charge is 0.191 e. The van der Waals surface area contributed by atoms with Gasteiger partial charge in [0.2, 0.25) is 0 Å². The van der Waals surface area contributed by atoms with E-state index in [0.29, 0.717) is 0 Å². The number of thioether (sulfide) groups is 1.